The van der Waals surface area contributed by atoms with Crippen molar-refractivity contribution in [1.29, 1.82) is 0 Å². The van der Waals surface area contributed by atoms with Crippen molar-refractivity contribution in [1.82, 2.24) is 15.1 Å². The first-order valence-electron chi connectivity index (χ1n) is 12.4. The minimum atomic E-state index is -0.116. The summed E-state index contributed by atoms with van der Waals surface area (Å²) in [5, 5.41) is 5.96. The Morgan fingerprint density at radius 1 is 1.21 bits per heavy atom. The standard InChI is InChI=1S/C26H45N5O3/c1-8-27-25(33)31(15-16-34-7)19-20-17-21(28-24(32)18-26(2,3)4)9-10-23(20)30(6)22-11-13-29(5)14-12-22/h9-10,17,22H,8,11-16,18-19H2,1-7H3,(H,27,33)(H,28,32). The number of anilines is 2. The average molecular weight is 476 g/mol. The number of hydrogen-bond acceptors (Lipinski definition) is 5. The lowest BCUT2D eigenvalue weighted by atomic mass is 9.92. The van der Waals surface area contributed by atoms with Crippen LogP contribution in [-0.4, -0.2) is 81.8 Å². The predicted molar refractivity (Wildman–Crippen MR) is 139 cm³/mol. The summed E-state index contributed by atoms with van der Waals surface area (Å²) in [5.74, 6) is -0.00478. The molecule has 0 saturated carbocycles. The smallest absolute Gasteiger partial charge is 0.317 e. The van der Waals surface area contributed by atoms with E-state index in [1.165, 1.54) is 0 Å². The van der Waals surface area contributed by atoms with Crippen LogP contribution in [0.5, 0.6) is 0 Å². The van der Waals surface area contributed by atoms with E-state index in [1.807, 2.05) is 19.1 Å². The van der Waals surface area contributed by atoms with Crippen LogP contribution in [0.1, 0.15) is 52.5 Å². The molecular weight excluding hydrogens is 430 g/mol. The molecule has 1 aliphatic heterocycles. The van der Waals surface area contributed by atoms with Crippen molar-refractivity contribution in [3.63, 3.8) is 0 Å². The number of piperidine rings is 1. The van der Waals surface area contributed by atoms with Crippen molar-refractivity contribution in [3.8, 4) is 0 Å². The van der Waals surface area contributed by atoms with Crippen LogP contribution in [0.4, 0.5) is 16.2 Å². The summed E-state index contributed by atoms with van der Waals surface area (Å²) in [6.45, 7) is 12.2. The number of carbonyl (C=O) groups excluding carboxylic acids is 2. The number of rotatable bonds is 10. The van der Waals surface area contributed by atoms with Crippen LogP contribution in [0.15, 0.2) is 18.2 Å². The number of nitrogens with one attached hydrogen (secondary N) is 2. The highest BCUT2D eigenvalue weighted by Crippen LogP contribution is 2.30. The third kappa shape index (κ3) is 8.80. The molecule has 0 aliphatic carbocycles. The highest BCUT2D eigenvalue weighted by molar-refractivity contribution is 5.91. The molecule has 8 heteroatoms. The van der Waals surface area contributed by atoms with Gasteiger partial charge < -0.3 is 30.1 Å². The van der Waals surface area contributed by atoms with Crippen LogP contribution in [0, 0.1) is 5.41 Å². The van der Waals surface area contributed by atoms with Crippen molar-refractivity contribution in [3.05, 3.63) is 23.8 Å². The Labute approximate surface area is 206 Å². The van der Waals surface area contributed by atoms with Gasteiger partial charge in [0.2, 0.25) is 5.91 Å². The summed E-state index contributed by atoms with van der Waals surface area (Å²) < 4.78 is 5.25. The van der Waals surface area contributed by atoms with Crippen LogP contribution in [0.25, 0.3) is 0 Å². The maximum atomic E-state index is 12.8. The van der Waals surface area contributed by atoms with Crippen LogP contribution in [-0.2, 0) is 16.1 Å². The van der Waals surface area contributed by atoms with E-state index in [1.54, 1.807) is 12.0 Å². The molecule has 0 unspecified atom stereocenters. The molecule has 1 aliphatic rings. The van der Waals surface area contributed by atoms with Gasteiger partial charge in [0.25, 0.3) is 0 Å². The summed E-state index contributed by atoms with van der Waals surface area (Å²) in [6, 6.07) is 6.38. The van der Waals surface area contributed by atoms with Gasteiger partial charge >= 0.3 is 6.03 Å². The van der Waals surface area contributed by atoms with E-state index in [4.69, 9.17) is 4.74 Å². The normalized spacial score (nSPS) is 15.1. The van der Waals surface area contributed by atoms with Gasteiger partial charge in [-0.3, -0.25) is 4.79 Å². The molecular formula is C26H45N5O3. The molecule has 1 heterocycles. The molecule has 1 aromatic rings. The number of methoxy groups -OCH3 is 1. The Hall–Kier alpha value is -2.32. The van der Waals surface area contributed by atoms with E-state index in [2.05, 4.69) is 61.4 Å². The Morgan fingerprint density at radius 3 is 2.47 bits per heavy atom. The number of likely N-dealkylation sites (tertiary alicyclic amines) is 1. The molecule has 192 valence electrons. The Balaban J connectivity index is 2.33. The van der Waals surface area contributed by atoms with Gasteiger partial charge in [0, 0.05) is 57.6 Å². The fraction of sp³-hybridized carbons (Fsp3) is 0.692. The second-order valence-corrected chi connectivity index (χ2v) is 10.5. The zero-order valence-corrected chi connectivity index (χ0v) is 22.2. The summed E-state index contributed by atoms with van der Waals surface area (Å²) in [6.07, 6.45) is 2.64. The molecule has 34 heavy (non-hydrogen) atoms. The molecule has 0 bridgehead atoms. The molecule has 0 aromatic heterocycles. The zero-order valence-electron chi connectivity index (χ0n) is 22.2. The number of benzene rings is 1. The fourth-order valence-electron chi connectivity index (χ4n) is 4.32. The van der Waals surface area contributed by atoms with Crippen LogP contribution in [0.2, 0.25) is 0 Å². The van der Waals surface area contributed by atoms with Crippen LogP contribution >= 0.6 is 0 Å². The molecule has 1 fully saturated rings. The zero-order chi connectivity index (χ0) is 25.3. The average Bonchev–Trinajstić information content (AvgIpc) is 2.75. The molecule has 0 atom stereocenters. The quantitative estimate of drug-likeness (QED) is 0.539. The summed E-state index contributed by atoms with van der Waals surface area (Å²) in [5.41, 5.74) is 2.77. The lowest BCUT2D eigenvalue weighted by Crippen LogP contribution is -2.43. The minimum Gasteiger partial charge on any atom is -0.383 e. The van der Waals surface area contributed by atoms with Gasteiger partial charge in [-0.15, -0.1) is 0 Å². The second kappa shape index (κ2) is 13.0. The van der Waals surface area contributed by atoms with Crippen molar-refractivity contribution >= 4 is 23.3 Å². The highest BCUT2D eigenvalue weighted by atomic mass is 16.5. The number of urea groups is 1. The van der Waals surface area contributed by atoms with Gasteiger partial charge in [-0.1, -0.05) is 20.8 Å². The Morgan fingerprint density at radius 2 is 1.88 bits per heavy atom. The molecule has 1 aromatic carbocycles. The number of nitrogens with zero attached hydrogens (tertiary/aromatic N) is 3. The molecule has 8 nitrogen and oxygen atoms in total. The summed E-state index contributed by atoms with van der Waals surface area (Å²) in [7, 11) is 5.94. The molecule has 2 N–H and O–H groups in total. The molecule has 2 rings (SSSR count). The predicted octanol–water partition coefficient (Wildman–Crippen LogP) is 3.77. The van der Waals surface area contributed by atoms with E-state index in [9.17, 15) is 9.59 Å². The van der Waals surface area contributed by atoms with Gasteiger partial charge in [0.15, 0.2) is 0 Å². The van der Waals surface area contributed by atoms with Crippen LogP contribution < -0.4 is 15.5 Å². The van der Waals surface area contributed by atoms with Gasteiger partial charge in [-0.2, -0.15) is 0 Å². The molecule has 0 spiro atoms. The second-order valence-electron chi connectivity index (χ2n) is 10.5. The first-order valence-corrected chi connectivity index (χ1v) is 12.4. The van der Waals surface area contributed by atoms with Crippen molar-refractivity contribution in [2.75, 3.05) is 64.2 Å². The number of carbonyl (C=O) groups is 2. The first kappa shape index (κ1) is 27.9. The maximum absolute atomic E-state index is 12.8. The van der Waals surface area contributed by atoms with Gasteiger partial charge in [0.05, 0.1) is 6.61 Å². The van der Waals surface area contributed by atoms with Gasteiger partial charge in [-0.25, -0.2) is 4.79 Å². The molecule has 1 saturated heterocycles. The first-order chi connectivity index (χ1) is 16.0. The fourth-order valence-corrected chi connectivity index (χ4v) is 4.32. The third-order valence-electron chi connectivity index (χ3n) is 6.21. The lowest BCUT2D eigenvalue weighted by Gasteiger charge is -2.38. The van der Waals surface area contributed by atoms with Gasteiger partial charge in [0.1, 0.15) is 0 Å². The van der Waals surface area contributed by atoms with Crippen LogP contribution in [0.3, 0.4) is 0 Å². The van der Waals surface area contributed by atoms with E-state index < -0.39 is 0 Å². The topological polar surface area (TPSA) is 77.2 Å². The SMILES string of the molecule is CCNC(=O)N(CCOC)Cc1cc(NC(=O)CC(C)(C)C)ccc1N(C)C1CCN(C)CC1. The van der Waals surface area contributed by atoms with E-state index in [0.717, 1.165) is 42.9 Å². The minimum absolute atomic E-state index is 0.00478. The van der Waals surface area contributed by atoms with Crippen molar-refractivity contribution < 1.29 is 14.3 Å². The summed E-state index contributed by atoms with van der Waals surface area (Å²) in [4.78, 5) is 31.8. The van der Waals surface area contributed by atoms with E-state index >= 15 is 0 Å². The molecule has 3 amide bonds. The Kier molecular flexibility index (Phi) is 10.6. The van der Waals surface area contributed by atoms with Crippen molar-refractivity contribution in [2.24, 2.45) is 5.41 Å². The maximum Gasteiger partial charge on any atom is 0.317 e. The van der Waals surface area contributed by atoms with E-state index in [0.29, 0.717) is 38.7 Å². The lowest BCUT2D eigenvalue weighted by molar-refractivity contribution is -0.117. The van der Waals surface area contributed by atoms with E-state index in [-0.39, 0.29) is 17.4 Å². The number of hydrogen-bond donors (Lipinski definition) is 2. The third-order valence-corrected chi connectivity index (χ3v) is 6.21. The molecule has 0 radical (unpaired) electrons. The number of amides is 3. The number of ether oxygens (including phenoxy) is 1. The van der Waals surface area contributed by atoms with Crippen molar-refractivity contribution in [2.45, 2.75) is 59.5 Å². The Bertz CT molecular complexity index is 800. The monoisotopic (exact) mass is 475 g/mol. The van der Waals surface area contributed by atoms with Gasteiger partial charge in [-0.05, 0) is 69.1 Å². The largest absolute Gasteiger partial charge is 0.383 e. The summed E-state index contributed by atoms with van der Waals surface area (Å²) >= 11 is 0. The highest BCUT2D eigenvalue weighted by Gasteiger charge is 2.24.